The van der Waals surface area contributed by atoms with E-state index in [2.05, 4.69) is 118 Å². The van der Waals surface area contributed by atoms with Crippen molar-refractivity contribution in [3.05, 3.63) is 168 Å². The second kappa shape index (κ2) is 13.1. The van der Waals surface area contributed by atoms with Gasteiger partial charge in [0.05, 0.1) is 0 Å². The Balaban J connectivity index is 1.02. The quantitative estimate of drug-likeness (QED) is 0.162. The van der Waals surface area contributed by atoms with E-state index in [0.717, 1.165) is 123 Å². The van der Waals surface area contributed by atoms with Crippen molar-refractivity contribution in [1.29, 1.82) is 0 Å². The van der Waals surface area contributed by atoms with Crippen LogP contribution in [0, 0.1) is 13.8 Å². The lowest BCUT2D eigenvalue weighted by atomic mass is 9.31. The molecule has 12 rings (SSSR count). The summed E-state index contributed by atoms with van der Waals surface area (Å²) in [6.45, 7) is 8.07. The predicted octanol–water partition coefficient (Wildman–Crippen LogP) is 10.4. The number of hydrogen-bond acceptors (Lipinski definition) is 6. The first-order chi connectivity index (χ1) is 29.4. The van der Waals surface area contributed by atoms with Gasteiger partial charge >= 0.3 is 0 Å². The number of rotatable bonds is 5. The summed E-state index contributed by atoms with van der Waals surface area (Å²) in [5.41, 5.74) is 8.74. The van der Waals surface area contributed by atoms with Gasteiger partial charge in [-0.1, -0.05) is 71.2 Å². The maximum Gasteiger partial charge on any atom is 0.260 e. The van der Waals surface area contributed by atoms with E-state index in [1.165, 1.54) is 11.1 Å². The van der Waals surface area contributed by atoms with E-state index in [0.29, 0.717) is 0 Å². The van der Waals surface area contributed by atoms with Gasteiger partial charge < -0.3 is 28.4 Å². The van der Waals surface area contributed by atoms with Gasteiger partial charge in [0.2, 0.25) is 0 Å². The number of ether oxygens (including phenoxy) is 6. The molecule has 0 atom stereocenters. The lowest BCUT2D eigenvalue weighted by Crippen LogP contribution is -2.59. The van der Waals surface area contributed by atoms with Crippen LogP contribution in [0.2, 0.25) is 0 Å². The largest absolute Gasteiger partial charge is 0.459 e. The fourth-order valence-electron chi connectivity index (χ4n) is 9.35. The fraction of sp³-hybridized carbons (Fsp3) is 0.0769. The highest BCUT2D eigenvalue weighted by Gasteiger charge is 2.45. The minimum Gasteiger partial charge on any atom is -0.459 e. The van der Waals surface area contributed by atoms with E-state index in [1.807, 2.05) is 55.5 Å². The second-order valence-corrected chi connectivity index (χ2v) is 16.1. The molecule has 0 fully saturated rings. The standard InChI is InChI=1S/C52H36B2O6/c1-5-8-43-31(4)53-41-27-42-46(28-45(41)59-51-38-21-19-36(55-34-15-11-29(2)12-16-34)23-32(38)25-47(57-43)49(51)53)60-52-39-22-20-37(56-35-17-13-30(3)14-18-35)24-33(39)26-48-50(52)54(42)40-9-6-7-10-44(40)58-48/h5-28H,1-4H3/b8-5-. The van der Waals surface area contributed by atoms with E-state index in [1.54, 1.807) is 0 Å². The molecule has 60 heavy (non-hydrogen) atoms. The van der Waals surface area contributed by atoms with Crippen LogP contribution in [0.15, 0.2) is 157 Å². The summed E-state index contributed by atoms with van der Waals surface area (Å²) in [4.78, 5) is 0. The number of para-hydroxylation sites is 1. The van der Waals surface area contributed by atoms with Crippen molar-refractivity contribution < 1.29 is 28.4 Å². The highest BCUT2D eigenvalue weighted by Crippen LogP contribution is 2.45. The third-order valence-corrected chi connectivity index (χ3v) is 12.2. The summed E-state index contributed by atoms with van der Waals surface area (Å²) in [6, 6.07) is 45.4. The highest BCUT2D eigenvalue weighted by molar-refractivity contribution is 6.99. The first-order valence-electron chi connectivity index (χ1n) is 20.4. The number of allylic oxidation sites excluding steroid dienone is 3. The van der Waals surface area contributed by atoms with Crippen LogP contribution in [0.5, 0.6) is 63.2 Å². The minimum atomic E-state index is -0.134. The molecule has 0 N–H and O–H groups in total. The zero-order valence-electron chi connectivity index (χ0n) is 33.5. The minimum absolute atomic E-state index is 0.114. The van der Waals surface area contributed by atoms with E-state index >= 15 is 0 Å². The molecule has 0 spiro atoms. The number of benzene rings is 8. The van der Waals surface area contributed by atoms with Gasteiger partial charge in [0.1, 0.15) is 69.0 Å². The Bertz CT molecular complexity index is 3200. The van der Waals surface area contributed by atoms with Crippen molar-refractivity contribution in [2.24, 2.45) is 0 Å². The SMILES string of the molecule is C/C=C\C1=C(C)B2c3cc4c(cc3Oc3c2c(cc2cc(Oc5ccc(C)cc5)ccc32)O1)Oc1c2c(cc3cc(Oc5ccc(C)cc5)ccc13)Oc1ccccc1B42. The first-order valence-corrected chi connectivity index (χ1v) is 20.4. The Morgan fingerprint density at radius 3 is 1.58 bits per heavy atom. The molecule has 0 bridgehead atoms. The van der Waals surface area contributed by atoms with E-state index in [9.17, 15) is 0 Å². The second-order valence-electron chi connectivity index (χ2n) is 16.1. The van der Waals surface area contributed by atoms with Crippen LogP contribution < -0.4 is 55.7 Å². The van der Waals surface area contributed by atoms with Crippen LogP contribution in [-0.4, -0.2) is 13.4 Å². The van der Waals surface area contributed by atoms with Gasteiger partial charge in [-0.2, -0.15) is 0 Å². The summed E-state index contributed by atoms with van der Waals surface area (Å²) in [6.07, 6.45) is 4.08. The third kappa shape index (κ3) is 5.37. The van der Waals surface area contributed by atoms with Crippen molar-refractivity contribution in [2.45, 2.75) is 27.7 Å². The van der Waals surface area contributed by atoms with Crippen molar-refractivity contribution >= 4 is 62.3 Å². The van der Waals surface area contributed by atoms with Crippen LogP contribution >= 0.6 is 0 Å². The van der Waals surface area contributed by atoms with Gasteiger partial charge in [-0.15, -0.1) is 0 Å². The Kier molecular flexibility index (Phi) is 7.58. The molecule has 0 saturated carbocycles. The number of aryl methyl sites for hydroxylation is 2. The van der Waals surface area contributed by atoms with Gasteiger partial charge in [0.15, 0.2) is 0 Å². The zero-order chi connectivity index (χ0) is 40.2. The van der Waals surface area contributed by atoms with Gasteiger partial charge in [-0.3, -0.25) is 0 Å². The monoisotopic (exact) mass is 778 g/mol. The van der Waals surface area contributed by atoms with Gasteiger partial charge in [0, 0.05) is 27.8 Å². The third-order valence-electron chi connectivity index (χ3n) is 12.2. The van der Waals surface area contributed by atoms with E-state index in [-0.39, 0.29) is 13.4 Å². The fourth-order valence-corrected chi connectivity index (χ4v) is 9.35. The molecule has 8 heteroatoms. The lowest BCUT2D eigenvalue weighted by molar-refractivity contribution is 0.433. The van der Waals surface area contributed by atoms with Crippen LogP contribution in [0.25, 0.3) is 21.5 Å². The molecule has 4 aliphatic rings. The smallest absolute Gasteiger partial charge is 0.260 e. The molecule has 4 heterocycles. The van der Waals surface area contributed by atoms with Crippen LogP contribution in [0.3, 0.4) is 0 Å². The van der Waals surface area contributed by atoms with Gasteiger partial charge in [-0.05, 0) is 140 Å². The van der Waals surface area contributed by atoms with Crippen molar-refractivity contribution in [1.82, 2.24) is 0 Å². The summed E-state index contributed by atoms with van der Waals surface area (Å²) in [7, 11) is 0. The Morgan fingerprint density at radius 2 is 0.983 bits per heavy atom. The summed E-state index contributed by atoms with van der Waals surface area (Å²) < 4.78 is 40.2. The molecule has 4 aliphatic heterocycles. The highest BCUT2D eigenvalue weighted by atomic mass is 16.5. The van der Waals surface area contributed by atoms with Crippen molar-refractivity contribution in [3.63, 3.8) is 0 Å². The first kappa shape index (κ1) is 34.7. The maximum absolute atomic E-state index is 7.07. The number of hydrogen-bond donors (Lipinski definition) is 0. The van der Waals surface area contributed by atoms with Crippen LogP contribution in [0.4, 0.5) is 0 Å². The molecule has 0 unspecified atom stereocenters. The lowest BCUT2D eigenvalue weighted by Gasteiger charge is -2.37. The average Bonchev–Trinajstić information content (AvgIpc) is 3.25. The summed E-state index contributed by atoms with van der Waals surface area (Å²) in [5, 5.41) is 3.88. The molecule has 6 nitrogen and oxygen atoms in total. The van der Waals surface area contributed by atoms with Crippen molar-refractivity contribution in [2.75, 3.05) is 0 Å². The molecule has 286 valence electrons. The van der Waals surface area contributed by atoms with Crippen molar-refractivity contribution in [3.8, 4) is 63.2 Å². The molecule has 0 saturated heterocycles. The Labute approximate surface area is 348 Å². The molecule has 0 amide bonds. The normalized spacial score (nSPS) is 14.0. The number of fused-ring (bicyclic) bond motifs is 10. The molecule has 0 aliphatic carbocycles. The average molecular weight is 778 g/mol. The van der Waals surface area contributed by atoms with Gasteiger partial charge in [-0.25, -0.2) is 0 Å². The maximum atomic E-state index is 7.07. The summed E-state index contributed by atoms with van der Waals surface area (Å²) in [5.74, 6) is 9.30. The Hall–Kier alpha value is -7.31. The van der Waals surface area contributed by atoms with Gasteiger partial charge in [0.25, 0.3) is 13.4 Å². The van der Waals surface area contributed by atoms with E-state index in [4.69, 9.17) is 28.4 Å². The molecular formula is C52H36B2O6. The Morgan fingerprint density at radius 1 is 0.450 bits per heavy atom. The molecule has 0 aromatic heterocycles. The molecule has 8 aromatic carbocycles. The summed E-state index contributed by atoms with van der Waals surface area (Å²) >= 11 is 0. The predicted molar refractivity (Wildman–Crippen MR) is 241 cm³/mol. The molecule has 8 aromatic rings. The zero-order valence-corrected chi connectivity index (χ0v) is 33.5. The molecular weight excluding hydrogens is 742 g/mol. The topological polar surface area (TPSA) is 55.4 Å². The van der Waals surface area contributed by atoms with Crippen LogP contribution in [0.1, 0.15) is 25.0 Å². The molecule has 0 radical (unpaired) electrons. The van der Waals surface area contributed by atoms with E-state index < -0.39 is 0 Å². The van der Waals surface area contributed by atoms with Crippen LogP contribution in [-0.2, 0) is 0 Å².